The smallest absolute Gasteiger partial charge is 0.336 e. The van der Waals surface area contributed by atoms with E-state index in [0.29, 0.717) is 19.1 Å². The number of carbonyl (C=O) groups excluding carboxylic acids is 1. The van der Waals surface area contributed by atoms with E-state index >= 15 is 0 Å². The molecule has 0 aromatic heterocycles. The van der Waals surface area contributed by atoms with Crippen LogP contribution in [-0.4, -0.2) is 30.8 Å². The van der Waals surface area contributed by atoms with Crippen molar-refractivity contribution in [2.75, 3.05) is 24.7 Å². The van der Waals surface area contributed by atoms with E-state index in [1.54, 1.807) is 0 Å². The molecule has 4 nitrogen and oxygen atoms in total. The van der Waals surface area contributed by atoms with Crippen LogP contribution in [-0.2, 0) is 22.4 Å². The van der Waals surface area contributed by atoms with Gasteiger partial charge in [0.05, 0.1) is 17.9 Å². The van der Waals surface area contributed by atoms with E-state index in [9.17, 15) is 9.90 Å². The molecule has 0 bridgehead atoms. The lowest BCUT2D eigenvalue weighted by atomic mass is 9.72. The van der Waals surface area contributed by atoms with Crippen molar-refractivity contribution in [1.82, 2.24) is 0 Å². The normalized spacial score (nSPS) is 24.8. The molecule has 5 rings (SSSR count). The second-order valence-electron chi connectivity index (χ2n) is 12.8. The van der Waals surface area contributed by atoms with Crippen LogP contribution in [0, 0.1) is 5.92 Å². The molecule has 2 aliphatic carbocycles. The van der Waals surface area contributed by atoms with E-state index in [-0.39, 0.29) is 18.5 Å². The van der Waals surface area contributed by atoms with Crippen molar-refractivity contribution >= 4 is 11.7 Å². The van der Waals surface area contributed by atoms with Gasteiger partial charge in [-0.15, -0.1) is 0 Å². The predicted molar refractivity (Wildman–Crippen MR) is 160 cm³/mol. The molecule has 1 aromatic carbocycles. The van der Waals surface area contributed by atoms with Crippen molar-refractivity contribution in [3.05, 3.63) is 40.1 Å². The number of carbonyl (C=O) groups is 1. The third-order valence-corrected chi connectivity index (χ3v) is 10.1. The topological polar surface area (TPSA) is 49.8 Å². The highest BCUT2D eigenvalue weighted by molar-refractivity contribution is 5.96. The first-order chi connectivity index (χ1) is 19.3. The fraction of sp³-hybridized carbons (Fsp3) is 0.743. The average molecular weight is 536 g/mol. The number of aryl methyl sites for hydroxylation is 2. The average Bonchev–Trinajstić information content (AvgIpc) is 3.30. The van der Waals surface area contributed by atoms with Gasteiger partial charge in [0.1, 0.15) is 6.61 Å². The van der Waals surface area contributed by atoms with Crippen molar-refractivity contribution in [1.29, 1.82) is 0 Å². The Morgan fingerprint density at radius 3 is 1.79 bits per heavy atom. The minimum Gasteiger partial charge on any atom is -0.456 e. The molecule has 4 heteroatoms. The van der Waals surface area contributed by atoms with Gasteiger partial charge < -0.3 is 14.7 Å². The molecule has 216 valence electrons. The summed E-state index contributed by atoms with van der Waals surface area (Å²) in [5.74, 6) is 0.513. The number of aliphatic hydroxyl groups is 1. The molecule has 1 saturated carbocycles. The zero-order chi connectivity index (χ0) is 26.9. The highest BCUT2D eigenvalue weighted by Crippen LogP contribution is 2.51. The Balaban J connectivity index is 1.55. The van der Waals surface area contributed by atoms with Crippen molar-refractivity contribution in [2.24, 2.45) is 5.92 Å². The second kappa shape index (κ2) is 14.7. The van der Waals surface area contributed by atoms with Gasteiger partial charge in [0.15, 0.2) is 0 Å². The summed E-state index contributed by atoms with van der Waals surface area (Å²) in [5.41, 5.74) is 7.58. The van der Waals surface area contributed by atoms with E-state index in [1.807, 2.05) is 0 Å². The van der Waals surface area contributed by atoms with Gasteiger partial charge >= 0.3 is 5.97 Å². The van der Waals surface area contributed by atoms with E-state index in [1.165, 1.54) is 144 Å². The van der Waals surface area contributed by atoms with Crippen LogP contribution in [0.3, 0.4) is 0 Å². The van der Waals surface area contributed by atoms with Gasteiger partial charge in [0.2, 0.25) is 0 Å². The van der Waals surface area contributed by atoms with Gasteiger partial charge in [0, 0.05) is 18.2 Å². The molecule has 0 saturated heterocycles. The third kappa shape index (κ3) is 7.10. The maximum absolute atomic E-state index is 13.4. The molecule has 1 fully saturated rings. The minimum atomic E-state index is -0.109. The molecule has 1 atom stereocenters. The number of esters is 1. The van der Waals surface area contributed by atoms with E-state index in [4.69, 9.17) is 4.74 Å². The first kappa shape index (κ1) is 28.7. The number of cyclic esters (lactones) is 1. The lowest BCUT2D eigenvalue weighted by Crippen LogP contribution is -2.35. The van der Waals surface area contributed by atoms with Gasteiger partial charge in [-0.1, -0.05) is 102 Å². The van der Waals surface area contributed by atoms with Crippen LogP contribution in [0.25, 0.3) is 0 Å². The fourth-order valence-electron chi connectivity index (χ4n) is 7.95. The van der Waals surface area contributed by atoms with E-state index in [2.05, 4.69) is 17.0 Å². The summed E-state index contributed by atoms with van der Waals surface area (Å²) in [7, 11) is 0. The Morgan fingerprint density at radius 2 is 1.23 bits per heavy atom. The number of hydrogen-bond acceptors (Lipinski definition) is 4. The maximum Gasteiger partial charge on any atom is 0.336 e. The van der Waals surface area contributed by atoms with Crippen LogP contribution in [0.5, 0.6) is 0 Å². The highest BCUT2D eigenvalue weighted by atomic mass is 16.5. The summed E-state index contributed by atoms with van der Waals surface area (Å²) in [6, 6.07) is 5.00. The van der Waals surface area contributed by atoms with Gasteiger partial charge in [-0.3, -0.25) is 0 Å². The Kier molecular flexibility index (Phi) is 10.8. The van der Waals surface area contributed by atoms with Crippen molar-refractivity contribution in [3.8, 4) is 0 Å². The van der Waals surface area contributed by atoms with E-state index < -0.39 is 0 Å². The summed E-state index contributed by atoms with van der Waals surface area (Å²) in [6.07, 6.45) is 27.3. The Labute approximate surface area is 237 Å². The molecule has 0 radical (unpaired) electrons. The van der Waals surface area contributed by atoms with Crippen molar-refractivity contribution in [2.45, 2.75) is 141 Å². The van der Waals surface area contributed by atoms with Gasteiger partial charge in [0.25, 0.3) is 0 Å². The van der Waals surface area contributed by atoms with Crippen molar-refractivity contribution < 1.29 is 14.6 Å². The highest BCUT2D eigenvalue weighted by Gasteiger charge is 2.44. The number of hydrogen-bond donors (Lipinski definition) is 1. The molecular weight excluding hydrogens is 482 g/mol. The van der Waals surface area contributed by atoms with E-state index in [0.717, 1.165) is 24.1 Å². The number of aliphatic hydroxyl groups excluding tert-OH is 1. The minimum absolute atomic E-state index is 0.0790. The Hall–Kier alpha value is -1.81. The lowest BCUT2D eigenvalue weighted by molar-refractivity contribution is -0.136. The second-order valence-corrected chi connectivity index (χ2v) is 12.8. The predicted octanol–water partition coefficient (Wildman–Crippen LogP) is 8.53. The molecule has 0 amide bonds. The standard InChI is InChI=1S/C35H53NO3/c37-23-22-36-31-25-29-21-17-13-9-3-1-2-8-12-16-20-28(29)24-30(31)33(34-32(36)26-39-35(34)38)27-18-14-10-6-4-5-7-11-15-19-27/h24-25,27,33,37H,1-23,26H2. The third-order valence-electron chi connectivity index (χ3n) is 10.1. The summed E-state index contributed by atoms with van der Waals surface area (Å²) in [4.78, 5) is 15.6. The van der Waals surface area contributed by atoms with Gasteiger partial charge in [-0.2, -0.15) is 0 Å². The number of ether oxygens (including phenoxy) is 1. The molecule has 1 N–H and O–H groups in total. The number of benzene rings is 1. The van der Waals surface area contributed by atoms with Crippen LogP contribution >= 0.6 is 0 Å². The summed E-state index contributed by atoms with van der Waals surface area (Å²) in [6.45, 7) is 0.960. The monoisotopic (exact) mass is 535 g/mol. The molecular formula is C35H53NO3. The molecule has 1 aromatic rings. The molecule has 4 aliphatic rings. The lowest BCUT2D eigenvalue weighted by Gasteiger charge is -2.39. The quantitative estimate of drug-likeness (QED) is 0.394. The summed E-state index contributed by atoms with van der Waals surface area (Å²) < 4.78 is 5.75. The molecule has 1 unspecified atom stereocenters. The maximum atomic E-state index is 13.4. The first-order valence-corrected chi connectivity index (χ1v) is 16.7. The zero-order valence-corrected chi connectivity index (χ0v) is 24.5. The Bertz CT molecular complexity index is 970. The first-order valence-electron chi connectivity index (χ1n) is 16.7. The number of β-amino-alcohol motifs (C(OH)–C–C–N with tert-alkyl or cyclic N) is 1. The number of rotatable bonds is 3. The molecule has 2 heterocycles. The molecule has 0 spiro atoms. The molecule has 2 aliphatic heterocycles. The summed E-state index contributed by atoms with van der Waals surface area (Å²) in [5, 5.41) is 10.1. The number of anilines is 1. The number of fused-ring (bicyclic) bond motifs is 2. The SMILES string of the molecule is O=C1OCC2=C1C(C1CCCCCCCCCC1)c1cc3c(cc1N2CCO)CCCCCCCCCCC3. The summed E-state index contributed by atoms with van der Waals surface area (Å²) >= 11 is 0. The van der Waals surface area contributed by atoms with Crippen LogP contribution < -0.4 is 4.90 Å². The van der Waals surface area contributed by atoms with Crippen molar-refractivity contribution in [3.63, 3.8) is 0 Å². The largest absolute Gasteiger partial charge is 0.456 e. The van der Waals surface area contributed by atoms with Crippen LogP contribution in [0.2, 0.25) is 0 Å². The van der Waals surface area contributed by atoms with Crippen LogP contribution in [0.4, 0.5) is 5.69 Å². The Morgan fingerprint density at radius 1 is 0.718 bits per heavy atom. The zero-order valence-electron chi connectivity index (χ0n) is 24.5. The number of nitrogens with zero attached hydrogens (tertiary/aromatic N) is 1. The van der Waals surface area contributed by atoms with Crippen LogP contribution in [0.1, 0.15) is 145 Å². The molecule has 39 heavy (non-hydrogen) atoms. The fourth-order valence-corrected chi connectivity index (χ4v) is 7.95. The van der Waals surface area contributed by atoms with Gasteiger partial charge in [-0.05, 0) is 67.2 Å². The van der Waals surface area contributed by atoms with Gasteiger partial charge in [-0.25, -0.2) is 4.79 Å². The van der Waals surface area contributed by atoms with Crippen LogP contribution in [0.15, 0.2) is 23.4 Å².